The number of nitrogens with zero attached hydrogens (tertiary/aromatic N) is 3. The molecular formula is C25H38N4O3. The van der Waals surface area contributed by atoms with Crippen molar-refractivity contribution in [2.75, 3.05) is 53.9 Å². The van der Waals surface area contributed by atoms with E-state index in [0.717, 1.165) is 69.7 Å². The Kier molecular flexibility index (Phi) is 6.39. The van der Waals surface area contributed by atoms with E-state index in [1.165, 1.54) is 0 Å². The fourth-order valence-corrected chi connectivity index (χ4v) is 6.48. The minimum atomic E-state index is -0.238. The molecule has 3 fully saturated rings. The van der Waals surface area contributed by atoms with Gasteiger partial charge in [0.25, 0.3) is 0 Å². The van der Waals surface area contributed by atoms with Crippen LogP contribution < -0.4 is 10.1 Å². The zero-order valence-corrected chi connectivity index (χ0v) is 20.0. The first-order valence-corrected chi connectivity index (χ1v) is 11.9. The van der Waals surface area contributed by atoms with Crippen molar-refractivity contribution in [3.8, 4) is 5.75 Å². The van der Waals surface area contributed by atoms with Crippen LogP contribution >= 0.6 is 0 Å². The van der Waals surface area contributed by atoms with Crippen LogP contribution in [0.3, 0.4) is 0 Å². The smallest absolute Gasteiger partial charge is 0.317 e. The number of likely N-dealkylation sites (tertiary alicyclic amines) is 2. The molecule has 1 N–H and O–H groups in total. The van der Waals surface area contributed by atoms with Gasteiger partial charge in [-0.15, -0.1) is 0 Å². The number of fused-ring (bicyclic) bond motifs is 2. The molecule has 4 rings (SSSR count). The van der Waals surface area contributed by atoms with E-state index in [2.05, 4.69) is 17.1 Å². The number of urea groups is 1. The molecule has 2 heterocycles. The number of hydrogen-bond acceptors (Lipinski definition) is 4. The third-order valence-electron chi connectivity index (χ3n) is 8.35. The highest BCUT2D eigenvalue weighted by atomic mass is 16.5. The molecule has 32 heavy (non-hydrogen) atoms. The van der Waals surface area contributed by atoms with Crippen molar-refractivity contribution in [3.63, 3.8) is 0 Å². The minimum absolute atomic E-state index is 0.00547. The summed E-state index contributed by atoms with van der Waals surface area (Å²) in [6, 6.07) is 7.78. The number of amides is 3. The summed E-state index contributed by atoms with van der Waals surface area (Å²) >= 11 is 0. The molecule has 1 aliphatic carbocycles. The molecule has 1 spiro atoms. The van der Waals surface area contributed by atoms with Gasteiger partial charge >= 0.3 is 6.03 Å². The van der Waals surface area contributed by atoms with Gasteiger partial charge in [-0.1, -0.05) is 19.1 Å². The normalized spacial score (nSPS) is 26.8. The molecule has 1 aromatic rings. The third-order valence-corrected chi connectivity index (χ3v) is 8.35. The van der Waals surface area contributed by atoms with Crippen LogP contribution in [0.15, 0.2) is 24.3 Å². The van der Waals surface area contributed by atoms with E-state index < -0.39 is 0 Å². The Morgan fingerprint density at radius 3 is 2.41 bits per heavy atom. The maximum Gasteiger partial charge on any atom is 0.317 e. The molecule has 3 amide bonds. The summed E-state index contributed by atoms with van der Waals surface area (Å²) < 4.78 is 5.19. The van der Waals surface area contributed by atoms with Crippen LogP contribution in [0.4, 0.5) is 4.79 Å². The SMILES string of the molecule is CCN1C[C@@H]2C3(CCN(C(=O)NCc4ccc(OC)cc4)CC3)CC[C@]2(C(=O)N(C)C)C1. The Morgan fingerprint density at radius 1 is 1.12 bits per heavy atom. The lowest BCUT2D eigenvalue weighted by Gasteiger charge is -2.44. The quantitative estimate of drug-likeness (QED) is 0.762. The van der Waals surface area contributed by atoms with Gasteiger partial charge in [0, 0.05) is 46.8 Å². The fraction of sp³-hybridized carbons (Fsp3) is 0.680. The second-order valence-corrected chi connectivity index (χ2v) is 10.1. The van der Waals surface area contributed by atoms with E-state index in [0.29, 0.717) is 18.4 Å². The number of piperidine rings is 1. The van der Waals surface area contributed by atoms with E-state index in [1.807, 2.05) is 43.3 Å². The summed E-state index contributed by atoms with van der Waals surface area (Å²) in [6.45, 7) is 7.14. The van der Waals surface area contributed by atoms with Crippen molar-refractivity contribution in [2.24, 2.45) is 16.7 Å². The first-order valence-electron chi connectivity index (χ1n) is 11.9. The average Bonchev–Trinajstić information content (AvgIpc) is 3.34. The lowest BCUT2D eigenvalue weighted by molar-refractivity contribution is -0.141. The van der Waals surface area contributed by atoms with E-state index in [1.54, 1.807) is 12.0 Å². The third kappa shape index (κ3) is 3.96. The molecule has 0 bridgehead atoms. The van der Waals surface area contributed by atoms with Gasteiger partial charge in [0.2, 0.25) is 5.91 Å². The maximum atomic E-state index is 13.3. The topological polar surface area (TPSA) is 65.1 Å². The van der Waals surface area contributed by atoms with Gasteiger partial charge in [-0.3, -0.25) is 4.79 Å². The lowest BCUT2D eigenvalue weighted by Crippen LogP contribution is -2.51. The van der Waals surface area contributed by atoms with Gasteiger partial charge in [0.1, 0.15) is 5.75 Å². The second-order valence-electron chi connectivity index (χ2n) is 10.1. The highest BCUT2D eigenvalue weighted by Gasteiger charge is 2.64. The average molecular weight is 443 g/mol. The fourth-order valence-electron chi connectivity index (χ4n) is 6.48. The van der Waals surface area contributed by atoms with Crippen LogP contribution in [0, 0.1) is 16.7 Å². The van der Waals surface area contributed by atoms with Crippen molar-refractivity contribution in [1.29, 1.82) is 0 Å². The van der Waals surface area contributed by atoms with Gasteiger partial charge in [-0.05, 0) is 61.3 Å². The number of ether oxygens (including phenoxy) is 1. The van der Waals surface area contributed by atoms with Gasteiger partial charge in [-0.2, -0.15) is 0 Å². The molecule has 0 unspecified atom stereocenters. The summed E-state index contributed by atoms with van der Waals surface area (Å²) in [5, 5.41) is 3.07. The van der Waals surface area contributed by atoms with E-state index in [-0.39, 0.29) is 16.9 Å². The summed E-state index contributed by atoms with van der Waals surface area (Å²) in [4.78, 5) is 32.3. The van der Waals surface area contributed by atoms with Crippen LogP contribution in [-0.4, -0.2) is 80.6 Å². The zero-order chi connectivity index (χ0) is 22.9. The van der Waals surface area contributed by atoms with Crippen molar-refractivity contribution in [3.05, 3.63) is 29.8 Å². The van der Waals surface area contributed by atoms with Gasteiger partial charge in [0.05, 0.1) is 12.5 Å². The summed E-state index contributed by atoms with van der Waals surface area (Å²) in [5.74, 6) is 1.51. The second kappa shape index (κ2) is 8.93. The van der Waals surface area contributed by atoms with Crippen molar-refractivity contribution in [2.45, 2.75) is 39.2 Å². The monoisotopic (exact) mass is 442 g/mol. The number of hydrogen-bond donors (Lipinski definition) is 1. The molecule has 176 valence electrons. The van der Waals surface area contributed by atoms with E-state index in [9.17, 15) is 9.59 Å². The van der Waals surface area contributed by atoms with Crippen LogP contribution in [0.1, 0.15) is 38.2 Å². The number of methoxy groups -OCH3 is 1. The lowest BCUT2D eigenvalue weighted by atomic mass is 9.65. The van der Waals surface area contributed by atoms with Crippen molar-refractivity contribution in [1.82, 2.24) is 20.0 Å². The molecular weight excluding hydrogens is 404 g/mol. The van der Waals surface area contributed by atoms with E-state index in [4.69, 9.17) is 4.74 Å². The van der Waals surface area contributed by atoms with E-state index >= 15 is 0 Å². The molecule has 1 saturated carbocycles. The first kappa shape index (κ1) is 22.9. The molecule has 0 radical (unpaired) electrons. The van der Waals surface area contributed by atoms with Gasteiger partial charge < -0.3 is 24.8 Å². The molecule has 1 aromatic carbocycles. The number of carbonyl (C=O) groups is 2. The van der Waals surface area contributed by atoms with Crippen LogP contribution in [0.5, 0.6) is 5.75 Å². The van der Waals surface area contributed by atoms with Gasteiger partial charge in [0.15, 0.2) is 0 Å². The predicted molar refractivity (Wildman–Crippen MR) is 124 cm³/mol. The number of nitrogens with one attached hydrogen (secondary N) is 1. The minimum Gasteiger partial charge on any atom is -0.497 e. The van der Waals surface area contributed by atoms with Crippen LogP contribution in [0.2, 0.25) is 0 Å². The summed E-state index contributed by atoms with van der Waals surface area (Å²) in [7, 11) is 5.43. The van der Waals surface area contributed by atoms with Crippen LogP contribution in [0.25, 0.3) is 0 Å². The molecule has 3 aliphatic rings. The molecule has 2 saturated heterocycles. The summed E-state index contributed by atoms with van der Waals surface area (Å²) in [5.41, 5.74) is 1.00. The van der Waals surface area contributed by atoms with Crippen molar-refractivity contribution < 1.29 is 14.3 Å². The molecule has 0 aromatic heterocycles. The number of rotatable bonds is 5. The molecule has 2 aliphatic heterocycles. The Labute approximate surface area is 192 Å². The van der Waals surface area contributed by atoms with Gasteiger partial charge in [-0.25, -0.2) is 4.79 Å². The standard InChI is InChI=1S/C25H38N4O3/c1-5-28-17-21-24(10-11-25(21,18-28)22(30)27(2)3)12-14-29(15-13-24)23(31)26-16-19-6-8-20(32-4)9-7-19/h6-9,21H,5,10-18H2,1-4H3,(H,26,31)/t21-,25+/m1/s1. The molecule has 7 heteroatoms. The Balaban J connectivity index is 1.38. The highest BCUT2D eigenvalue weighted by molar-refractivity contribution is 5.84. The highest BCUT2D eigenvalue weighted by Crippen LogP contribution is 2.62. The summed E-state index contributed by atoms with van der Waals surface area (Å²) in [6.07, 6.45) is 4.08. The number of carbonyl (C=O) groups excluding carboxylic acids is 2. The zero-order valence-electron chi connectivity index (χ0n) is 20.0. The van der Waals surface area contributed by atoms with Crippen molar-refractivity contribution >= 4 is 11.9 Å². The molecule has 2 atom stereocenters. The Bertz CT molecular complexity index is 832. The maximum absolute atomic E-state index is 13.3. The largest absolute Gasteiger partial charge is 0.497 e. The first-order chi connectivity index (χ1) is 15.3. The predicted octanol–water partition coefficient (Wildman–Crippen LogP) is 2.81. The molecule has 7 nitrogen and oxygen atoms in total. The number of benzene rings is 1. The Hall–Kier alpha value is -2.28. The van der Waals surface area contributed by atoms with Crippen LogP contribution in [-0.2, 0) is 11.3 Å². The Morgan fingerprint density at radius 2 is 1.81 bits per heavy atom.